The third kappa shape index (κ3) is 3.41. The van der Waals surface area contributed by atoms with E-state index in [2.05, 4.69) is 52.9 Å². The summed E-state index contributed by atoms with van der Waals surface area (Å²) in [6.45, 7) is 0. The second-order valence-corrected chi connectivity index (χ2v) is 5.19. The molecule has 0 saturated carbocycles. The van der Waals surface area contributed by atoms with Crippen molar-refractivity contribution in [2.24, 2.45) is 0 Å². The van der Waals surface area contributed by atoms with Crippen LogP contribution in [0.2, 0.25) is 0 Å². The van der Waals surface area contributed by atoms with Crippen LogP contribution in [0.5, 0.6) is 0 Å². The van der Waals surface area contributed by atoms with Crippen molar-refractivity contribution in [3.05, 3.63) is 26.3 Å². The molecule has 19 heavy (non-hydrogen) atoms. The number of nitrogens with one attached hydrogen (secondary N) is 4. The smallest absolute Gasteiger partial charge is 0.319 e. The van der Waals surface area contributed by atoms with E-state index in [4.69, 9.17) is 0 Å². The van der Waals surface area contributed by atoms with Gasteiger partial charge in [0.1, 0.15) is 14.4 Å². The van der Waals surface area contributed by atoms with Crippen LogP contribution in [-0.4, -0.2) is 27.4 Å². The van der Waals surface area contributed by atoms with Crippen molar-refractivity contribution in [3.8, 4) is 0 Å². The molecule has 0 saturated heterocycles. The number of nitrogens with zero attached hydrogens (tertiary/aromatic N) is 2. The molecule has 2 amide bonds. The van der Waals surface area contributed by atoms with Crippen molar-refractivity contribution in [2.75, 3.05) is 17.7 Å². The highest BCUT2D eigenvalue weighted by molar-refractivity contribution is 14.1. The molecule has 2 heterocycles. The van der Waals surface area contributed by atoms with Gasteiger partial charge >= 0.3 is 6.03 Å². The van der Waals surface area contributed by atoms with Gasteiger partial charge in [-0.15, -0.1) is 0 Å². The Labute approximate surface area is 125 Å². The highest BCUT2D eigenvalue weighted by Crippen LogP contribution is 2.24. The summed E-state index contributed by atoms with van der Waals surface area (Å²) >= 11 is 3.11. The molecule has 0 fully saturated rings. The molecule has 0 bridgehead atoms. The lowest BCUT2D eigenvalue weighted by atomic mass is 10.5. The summed E-state index contributed by atoms with van der Waals surface area (Å²) in [4.78, 5) is 31.0. The molecule has 2 rings (SSSR count). The standard InChI is InChI=1S/C9H9IN6O2S/c1-11-9(18)14-5-6(17)16-19-7(5)15-8-12-3-2-4(10)13-8/h2-3H,1H3,(H,16,17)(H2,11,14,18)(H,12,13,15). The fourth-order valence-electron chi connectivity index (χ4n) is 1.18. The Balaban J connectivity index is 2.26. The molecular formula is C9H9IN6O2S. The van der Waals surface area contributed by atoms with E-state index >= 15 is 0 Å². The van der Waals surface area contributed by atoms with Crippen molar-refractivity contribution in [2.45, 2.75) is 0 Å². The number of carbonyl (C=O) groups is 1. The minimum Gasteiger partial charge on any atom is -0.341 e. The first-order valence-electron chi connectivity index (χ1n) is 5.06. The molecule has 0 atom stereocenters. The summed E-state index contributed by atoms with van der Waals surface area (Å²) in [5, 5.41) is 8.13. The van der Waals surface area contributed by atoms with Gasteiger partial charge in [-0.2, -0.15) is 0 Å². The molecule has 0 unspecified atom stereocenters. The summed E-state index contributed by atoms with van der Waals surface area (Å²) in [6.07, 6.45) is 1.60. The largest absolute Gasteiger partial charge is 0.341 e. The predicted molar refractivity (Wildman–Crippen MR) is 81.0 cm³/mol. The van der Waals surface area contributed by atoms with E-state index in [0.717, 1.165) is 15.2 Å². The van der Waals surface area contributed by atoms with Crippen LogP contribution in [0.1, 0.15) is 0 Å². The lowest BCUT2D eigenvalue weighted by molar-refractivity contribution is 0.254. The highest BCUT2D eigenvalue weighted by atomic mass is 127. The fourth-order valence-corrected chi connectivity index (χ4v) is 2.25. The summed E-state index contributed by atoms with van der Waals surface area (Å²) in [5.41, 5.74) is -0.256. The zero-order valence-electron chi connectivity index (χ0n) is 9.65. The van der Waals surface area contributed by atoms with Crippen LogP contribution in [0.3, 0.4) is 0 Å². The van der Waals surface area contributed by atoms with Crippen LogP contribution in [0.4, 0.5) is 21.4 Å². The molecule has 4 N–H and O–H groups in total. The van der Waals surface area contributed by atoms with Gasteiger partial charge in [0.25, 0.3) is 5.56 Å². The molecule has 0 aliphatic carbocycles. The number of aromatic amines is 1. The Morgan fingerprint density at radius 3 is 3.00 bits per heavy atom. The minimum atomic E-state index is -0.476. The lowest BCUT2D eigenvalue weighted by Crippen LogP contribution is -2.27. The monoisotopic (exact) mass is 392 g/mol. The third-order valence-corrected chi connectivity index (χ3v) is 3.41. The van der Waals surface area contributed by atoms with Gasteiger partial charge in [0.15, 0.2) is 0 Å². The van der Waals surface area contributed by atoms with E-state index in [-0.39, 0.29) is 11.2 Å². The van der Waals surface area contributed by atoms with E-state index in [0.29, 0.717) is 10.9 Å². The molecular weight excluding hydrogens is 383 g/mol. The van der Waals surface area contributed by atoms with Gasteiger partial charge in [-0.1, -0.05) is 0 Å². The lowest BCUT2D eigenvalue weighted by Gasteiger charge is -2.05. The molecule has 2 aromatic rings. The van der Waals surface area contributed by atoms with E-state index in [1.165, 1.54) is 7.05 Å². The highest BCUT2D eigenvalue weighted by Gasteiger charge is 2.14. The zero-order valence-corrected chi connectivity index (χ0v) is 12.6. The Morgan fingerprint density at radius 1 is 1.53 bits per heavy atom. The van der Waals surface area contributed by atoms with Gasteiger partial charge < -0.3 is 16.0 Å². The molecule has 0 spiro atoms. The number of H-pyrrole nitrogens is 1. The number of halogens is 1. The van der Waals surface area contributed by atoms with Crippen molar-refractivity contribution < 1.29 is 4.79 Å². The molecule has 2 aromatic heterocycles. The second kappa shape index (κ2) is 5.97. The molecule has 0 aromatic carbocycles. The van der Waals surface area contributed by atoms with Crippen molar-refractivity contribution >= 4 is 56.8 Å². The Bertz CT molecular complexity index is 654. The maximum absolute atomic E-state index is 11.6. The average Bonchev–Trinajstić information content (AvgIpc) is 2.71. The van der Waals surface area contributed by atoms with Crippen molar-refractivity contribution in [1.82, 2.24) is 19.7 Å². The van der Waals surface area contributed by atoms with Crippen LogP contribution in [0.25, 0.3) is 0 Å². The summed E-state index contributed by atoms with van der Waals surface area (Å²) in [7, 11) is 1.46. The van der Waals surface area contributed by atoms with Crippen LogP contribution in [-0.2, 0) is 0 Å². The van der Waals surface area contributed by atoms with Crippen molar-refractivity contribution in [1.29, 1.82) is 0 Å². The van der Waals surface area contributed by atoms with Gasteiger partial charge in [0.2, 0.25) is 5.95 Å². The number of hydrogen-bond acceptors (Lipinski definition) is 6. The fraction of sp³-hybridized carbons (Fsp3) is 0.111. The summed E-state index contributed by atoms with van der Waals surface area (Å²) in [6, 6.07) is 1.27. The molecule has 0 aliphatic rings. The average molecular weight is 392 g/mol. The maximum atomic E-state index is 11.6. The van der Waals surface area contributed by atoms with Crippen LogP contribution >= 0.6 is 34.1 Å². The number of urea groups is 1. The van der Waals surface area contributed by atoms with Crippen LogP contribution in [0.15, 0.2) is 17.1 Å². The molecule has 8 nitrogen and oxygen atoms in total. The van der Waals surface area contributed by atoms with E-state index < -0.39 is 6.03 Å². The molecule has 100 valence electrons. The number of rotatable bonds is 3. The summed E-state index contributed by atoms with van der Waals surface area (Å²) < 4.78 is 3.29. The first-order chi connectivity index (χ1) is 9.10. The second-order valence-electron chi connectivity index (χ2n) is 3.27. The van der Waals surface area contributed by atoms with Crippen LogP contribution in [0, 0.1) is 3.70 Å². The van der Waals surface area contributed by atoms with E-state index in [1.807, 2.05) is 0 Å². The Kier molecular flexibility index (Phi) is 4.31. The van der Waals surface area contributed by atoms with Gasteiger partial charge in [0.05, 0.1) is 0 Å². The quantitative estimate of drug-likeness (QED) is 0.465. The van der Waals surface area contributed by atoms with E-state index in [1.54, 1.807) is 12.3 Å². The molecule has 0 aliphatic heterocycles. The Hall–Kier alpha value is -1.69. The van der Waals surface area contributed by atoms with Gasteiger partial charge in [-0.05, 0) is 40.2 Å². The normalized spacial score (nSPS) is 10.0. The maximum Gasteiger partial charge on any atom is 0.319 e. The predicted octanol–water partition coefficient (Wildman–Crippen LogP) is 1.33. The number of carbonyl (C=O) groups excluding carboxylic acids is 1. The number of amides is 2. The molecule has 0 radical (unpaired) electrons. The van der Waals surface area contributed by atoms with Gasteiger partial charge in [-0.25, -0.2) is 14.8 Å². The topological polar surface area (TPSA) is 112 Å². The number of aromatic nitrogens is 3. The SMILES string of the molecule is CNC(=O)Nc1c(Nc2nccc(I)n2)s[nH]c1=O. The zero-order chi connectivity index (χ0) is 13.8. The number of hydrogen-bond donors (Lipinski definition) is 4. The van der Waals surface area contributed by atoms with Crippen LogP contribution < -0.4 is 21.5 Å². The minimum absolute atomic E-state index is 0.131. The summed E-state index contributed by atoms with van der Waals surface area (Å²) in [5.74, 6) is 0.349. The van der Waals surface area contributed by atoms with Crippen molar-refractivity contribution in [3.63, 3.8) is 0 Å². The van der Waals surface area contributed by atoms with E-state index in [9.17, 15) is 9.59 Å². The van der Waals surface area contributed by atoms with Gasteiger partial charge in [0, 0.05) is 13.2 Å². The first kappa shape index (κ1) is 13.7. The Morgan fingerprint density at radius 2 is 2.32 bits per heavy atom. The first-order valence-corrected chi connectivity index (χ1v) is 6.95. The third-order valence-electron chi connectivity index (χ3n) is 2.01. The van der Waals surface area contributed by atoms with Gasteiger partial charge in [-0.3, -0.25) is 9.17 Å². The number of anilines is 3. The molecule has 10 heteroatoms.